The molecule has 5 heteroatoms. The van der Waals surface area contributed by atoms with Crippen molar-refractivity contribution in [2.24, 2.45) is 0 Å². The second-order valence-corrected chi connectivity index (χ2v) is 4.33. The molecule has 0 saturated carbocycles. The van der Waals surface area contributed by atoms with Crippen LogP contribution >= 0.6 is 11.3 Å². The van der Waals surface area contributed by atoms with Gasteiger partial charge in [-0.1, -0.05) is 11.3 Å². The van der Waals surface area contributed by atoms with Crippen molar-refractivity contribution in [3.05, 3.63) is 56.1 Å². The maximum absolute atomic E-state index is 12.9. The van der Waals surface area contributed by atoms with Gasteiger partial charge in [0.25, 0.3) is 0 Å². The van der Waals surface area contributed by atoms with E-state index in [9.17, 15) is 13.6 Å². The second-order valence-electron chi connectivity index (χ2n) is 3.51. The third kappa shape index (κ3) is 2.19. The smallest absolute Gasteiger partial charge is 0.299 e. The third-order valence-corrected chi connectivity index (χ3v) is 3.12. The zero-order valence-electron chi connectivity index (χ0n) is 8.54. The van der Waals surface area contributed by atoms with Crippen LogP contribution in [0.3, 0.4) is 0 Å². The lowest BCUT2D eigenvalue weighted by Gasteiger charge is -2.04. The van der Waals surface area contributed by atoms with Crippen LogP contribution in [0.4, 0.5) is 8.78 Å². The van der Waals surface area contributed by atoms with Crippen LogP contribution < -0.4 is 4.87 Å². The first kappa shape index (κ1) is 11.0. The first-order valence-corrected chi connectivity index (χ1v) is 5.54. The number of benzene rings is 1. The molecule has 0 atom stereocenters. The van der Waals surface area contributed by atoms with Gasteiger partial charge in [-0.3, -0.25) is 9.36 Å². The predicted octanol–water partition coefficient (Wildman–Crippen LogP) is 2.54. The highest BCUT2D eigenvalue weighted by atomic mass is 32.1. The van der Waals surface area contributed by atoms with Crippen molar-refractivity contribution in [3.63, 3.8) is 0 Å². The Balaban J connectivity index is 2.37. The van der Waals surface area contributed by atoms with Crippen LogP contribution in [0.25, 0.3) is 0 Å². The Hall–Kier alpha value is -1.49. The van der Waals surface area contributed by atoms with Crippen LogP contribution in [-0.2, 0) is 6.54 Å². The molecule has 0 radical (unpaired) electrons. The Bertz CT molecular complexity index is 553. The van der Waals surface area contributed by atoms with E-state index in [0.717, 1.165) is 23.1 Å². The molecular formula is C11H9F2NOS. The topological polar surface area (TPSA) is 22.0 Å². The zero-order valence-corrected chi connectivity index (χ0v) is 9.35. The van der Waals surface area contributed by atoms with Gasteiger partial charge in [0, 0.05) is 17.1 Å². The van der Waals surface area contributed by atoms with E-state index in [2.05, 4.69) is 0 Å². The Labute approximate surface area is 94.8 Å². The number of rotatable bonds is 2. The van der Waals surface area contributed by atoms with E-state index < -0.39 is 11.6 Å². The largest absolute Gasteiger partial charge is 0.307 e. The standard InChI is InChI=1S/C11H9F2NOS/c1-7-6-16-11(15)14(7)5-8-2-9(12)4-10(13)3-8/h2-4,6H,5H2,1H3. The summed E-state index contributed by atoms with van der Waals surface area (Å²) < 4.78 is 27.4. The monoisotopic (exact) mass is 241 g/mol. The average molecular weight is 241 g/mol. The molecule has 0 unspecified atom stereocenters. The molecule has 0 fully saturated rings. The lowest BCUT2D eigenvalue weighted by atomic mass is 10.2. The lowest BCUT2D eigenvalue weighted by molar-refractivity contribution is 0.577. The van der Waals surface area contributed by atoms with Gasteiger partial charge < -0.3 is 0 Å². The van der Waals surface area contributed by atoms with Crippen molar-refractivity contribution in [2.45, 2.75) is 13.5 Å². The Morgan fingerprint density at radius 1 is 1.25 bits per heavy atom. The number of hydrogen-bond acceptors (Lipinski definition) is 2. The van der Waals surface area contributed by atoms with Gasteiger partial charge in [0.2, 0.25) is 0 Å². The Morgan fingerprint density at radius 3 is 2.38 bits per heavy atom. The molecule has 0 aliphatic heterocycles. The molecule has 0 aliphatic carbocycles. The molecule has 2 nitrogen and oxygen atoms in total. The van der Waals surface area contributed by atoms with Gasteiger partial charge in [0.05, 0.1) is 6.54 Å². The van der Waals surface area contributed by atoms with E-state index in [4.69, 9.17) is 0 Å². The van der Waals surface area contributed by atoms with Crippen molar-refractivity contribution in [1.82, 2.24) is 4.57 Å². The Morgan fingerprint density at radius 2 is 1.88 bits per heavy atom. The van der Waals surface area contributed by atoms with E-state index >= 15 is 0 Å². The minimum atomic E-state index is -0.629. The minimum Gasteiger partial charge on any atom is -0.299 e. The predicted molar refractivity (Wildman–Crippen MR) is 58.8 cm³/mol. The van der Waals surface area contributed by atoms with Crippen molar-refractivity contribution in [3.8, 4) is 0 Å². The van der Waals surface area contributed by atoms with E-state index in [0.29, 0.717) is 5.56 Å². The molecule has 2 rings (SSSR count). The van der Waals surface area contributed by atoms with E-state index in [1.165, 1.54) is 16.7 Å². The summed E-state index contributed by atoms with van der Waals surface area (Å²) in [6, 6.07) is 3.27. The number of thiazole rings is 1. The van der Waals surface area contributed by atoms with Crippen molar-refractivity contribution in [2.75, 3.05) is 0 Å². The average Bonchev–Trinajstić information content (AvgIpc) is 2.48. The summed E-state index contributed by atoms with van der Waals surface area (Å²) in [5.74, 6) is -1.26. The summed E-state index contributed by atoms with van der Waals surface area (Å²) >= 11 is 1.08. The quantitative estimate of drug-likeness (QED) is 0.792. The van der Waals surface area contributed by atoms with Crippen molar-refractivity contribution in [1.29, 1.82) is 0 Å². The molecule has 0 N–H and O–H groups in total. The molecule has 0 saturated heterocycles. The van der Waals surface area contributed by atoms with Crippen LogP contribution in [0.2, 0.25) is 0 Å². The minimum absolute atomic E-state index is 0.123. The van der Waals surface area contributed by atoms with Gasteiger partial charge in [-0.05, 0) is 24.6 Å². The molecule has 1 heterocycles. The number of halogens is 2. The molecule has 0 spiro atoms. The summed E-state index contributed by atoms with van der Waals surface area (Å²) in [5, 5.41) is 1.72. The van der Waals surface area contributed by atoms with Crippen LogP contribution in [-0.4, -0.2) is 4.57 Å². The van der Waals surface area contributed by atoms with Crippen LogP contribution in [0.5, 0.6) is 0 Å². The molecule has 0 bridgehead atoms. The van der Waals surface area contributed by atoms with Gasteiger partial charge in [-0.15, -0.1) is 0 Å². The summed E-state index contributed by atoms with van der Waals surface area (Å²) in [6.45, 7) is 1.98. The zero-order chi connectivity index (χ0) is 11.7. The van der Waals surface area contributed by atoms with Crippen molar-refractivity contribution >= 4 is 11.3 Å². The first-order valence-electron chi connectivity index (χ1n) is 4.66. The first-order chi connectivity index (χ1) is 7.56. The lowest BCUT2D eigenvalue weighted by Crippen LogP contribution is -2.15. The SMILES string of the molecule is Cc1csc(=O)n1Cc1cc(F)cc(F)c1. The molecule has 2 aromatic rings. The van der Waals surface area contributed by atoms with E-state index in [1.54, 1.807) is 12.3 Å². The van der Waals surface area contributed by atoms with E-state index in [-0.39, 0.29) is 11.4 Å². The van der Waals surface area contributed by atoms with Crippen LogP contribution in [0.1, 0.15) is 11.3 Å². The number of hydrogen-bond donors (Lipinski definition) is 0. The van der Waals surface area contributed by atoms with Gasteiger partial charge in [-0.2, -0.15) is 0 Å². The highest BCUT2D eigenvalue weighted by Gasteiger charge is 2.06. The second kappa shape index (κ2) is 4.17. The third-order valence-electron chi connectivity index (χ3n) is 2.24. The summed E-state index contributed by atoms with van der Waals surface area (Å²) in [4.78, 5) is 11.3. The number of aromatic nitrogens is 1. The fourth-order valence-corrected chi connectivity index (χ4v) is 2.22. The molecule has 1 aromatic carbocycles. The van der Waals surface area contributed by atoms with Crippen LogP contribution in [0.15, 0.2) is 28.4 Å². The Kier molecular flexibility index (Phi) is 2.87. The van der Waals surface area contributed by atoms with Gasteiger partial charge >= 0.3 is 4.87 Å². The van der Waals surface area contributed by atoms with Crippen molar-refractivity contribution < 1.29 is 8.78 Å². The molecule has 0 aliphatic rings. The van der Waals surface area contributed by atoms with Gasteiger partial charge in [0.1, 0.15) is 11.6 Å². The number of aryl methyl sites for hydroxylation is 1. The summed E-state index contributed by atoms with van der Waals surface area (Å²) in [7, 11) is 0. The fraction of sp³-hybridized carbons (Fsp3) is 0.182. The normalized spacial score (nSPS) is 10.7. The molecule has 0 amide bonds. The number of nitrogens with zero attached hydrogens (tertiary/aromatic N) is 1. The molecule has 16 heavy (non-hydrogen) atoms. The maximum atomic E-state index is 12.9. The summed E-state index contributed by atoms with van der Waals surface area (Å²) in [5.41, 5.74) is 1.24. The fourth-order valence-electron chi connectivity index (χ4n) is 1.48. The molecular weight excluding hydrogens is 232 g/mol. The van der Waals surface area contributed by atoms with Crippen LogP contribution in [0, 0.1) is 18.6 Å². The van der Waals surface area contributed by atoms with Gasteiger partial charge in [0.15, 0.2) is 0 Å². The molecule has 84 valence electrons. The molecule has 1 aromatic heterocycles. The summed E-state index contributed by atoms with van der Waals surface area (Å²) in [6.07, 6.45) is 0. The highest BCUT2D eigenvalue weighted by Crippen LogP contribution is 2.10. The van der Waals surface area contributed by atoms with E-state index in [1.807, 2.05) is 0 Å². The maximum Gasteiger partial charge on any atom is 0.307 e. The van der Waals surface area contributed by atoms with Gasteiger partial charge in [-0.25, -0.2) is 8.78 Å². The highest BCUT2D eigenvalue weighted by molar-refractivity contribution is 7.07.